The molecule has 25 heavy (non-hydrogen) atoms. The Labute approximate surface area is 149 Å². The Morgan fingerprint density at radius 3 is 2.28 bits per heavy atom. The number of nitrogens with zero attached hydrogens (tertiary/aromatic N) is 2. The number of carbonyl (C=O) groups is 1. The highest BCUT2D eigenvalue weighted by atomic mass is 16.4. The van der Waals surface area contributed by atoms with Gasteiger partial charge >= 0.3 is 0 Å². The molecular formula is C21H24N2O2. The van der Waals surface area contributed by atoms with Gasteiger partial charge in [-0.3, -0.25) is 4.79 Å². The van der Waals surface area contributed by atoms with Crippen LogP contribution in [-0.4, -0.2) is 28.8 Å². The van der Waals surface area contributed by atoms with E-state index in [1.165, 1.54) is 6.21 Å². The van der Waals surface area contributed by atoms with E-state index in [0.717, 1.165) is 11.1 Å². The second-order valence-electron chi connectivity index (χ2n) is 6.66. The lowest BCUT2D eigenvalue weighted by molar-refractivity contribution is -0.127. The molecule has 2 rings (SSSR count). The van der Waals surface area contributed by atoms with Gasteiger partial charge in [0.2, 0.25) is 5.91 Å². The van der Waals surface area contributed by atoms with E-state index in [0.29, 0.717) is 13.1 Å². The minimum Gasteiger partial charge on any atom is -0.411 e. The fourth-order valence-electron chi connectivity index (χ4n) is 2.54. The van der Waals surface area contributed by atoms with Crippen molar-refractivity contribution in [2.24, 2.45) is 10.6 Å². The molecule has 1 N–H and O–H groups in total. The van der Waals surface area contributed by atoms with E-state index in [4.69, 9.17) is 5.21 Å². The summed E-state index contributed by atoms with van der Waals surface area (Å²) in [5.74, 6) is -0.0767. The fraction of sp³-hybridized carbons (Fsp3) is 0.238. The van der Waals surface area contributed by atoms with Crippen molar-refractivity contribution in [1.82, 2.24) is 4.90 Å². The molecular weight excluding hydrogens is 312 g/mol. The van der Waals surface area contributed by atoms with E-state index in [1.54, 1.807) is 11.0 Å². The van der Waals surface area contributed by atoms with Crippen molar-refractivity contribution in [1.29, 1.82) is 0 Å². The van der Waals surface area contributed by atoms with Crippen LogP contribution in [0.3, 0.4) is 0 Å². The molecule has 2 aromatic carbocycles. The summed E-state index contributed by atoms with van der Waals surface area (Å²) in [4.78, 5) is 14.5. The summed E-state index contributed by atoms with van der Waals surface area (Å²) in [6.07, 6.45) is 4.86. The molecule has 0 unspecified atom stereocenters. The number of benzene rings is 2. The third-order valence-corrected chi connectivity index (χ3v) is 3.75. The summed E-state index contributed by atoms with van der Waals surface area (Å²) < 4.78 is 0. The maximum atomic E-state index is 12.7. The van der Waals surface area contributed by atoms with Crippen LogP contribution in [0.15, 0.2) is 71.9 Å². The van der Waals surface area contributed by atoms with Crippen LogP contribution in [0.25, 0.3) is 6.08 Å². The number of amides is 1. The molecule has 0 aromatic heterocycles. The number of carbonyl (C=O) groups excluding carboxylic acids is 1. The van der Waals surface area contributed by atoms with E-state index in [9.17, 15) is 4.79 Å². The SMILES string of the molecule is CC(C)(C=NO)CN(Cc1ccccc1)C(=O)/C=C/c1ccccc1. The summed E-state index contributed by atoms with van der Waals surface area (Å²) in [5, 5.41) is 12.0. The zero-order valence-electron chi connectivity index (χ0n) is 14.7. The lowest BCUT2D eigenvalue weighted by Gasteiger charge is -2.29. The monoisotopic (exact) mass is 336 g/mol. The Morgan fingerprint density at radius 1 is 1.08 bits per heavy atom. The van der Waals surface area contributed by atoms with Gasteiger partial charge in [-0.25, -0.2) is 0 Å². The van der Waals surface area contributed by atoms with Crippen molar-refractivity contribution >= 4 is 18.2 Å². The lowest BCUT2D eigenvalue weighted by atomic mass is 9.94. The van der Waals surface area contributed by atoms with Gasteiger partial charge < -0.3 is 10.1 Å². The van der Waals surface area contributed by atoms with E-state index < -0.39 is 5.41 Å². The minimum atomic E-state index is -0.431. The first-order valence-corrected chi connectivity index (χ1v) is 8.25. The van der Waals surface area contributed by atoms with Crippen LogP contribution in [0.2, 0.25) is 0 Å². The molecule has 0 fully saturated rings. The Balaban J connectivity index is 2.17. The van der Waals surface area contributed by atoms with Gasteiger partial charge in [-0.15, -0.1) is 5.16 Å². The molecule has 0 heterocycles. The van der Waals surface area contributed by atoms with Gasteiger partial charge in [0.15, 0.2) is 0 Å². The molecule has 0 bridgehead atoms. The van der Waals surface area contributed by atoms with Gasteiger partial charge in [0, 0.05) is 24.6 Å². The molecule has 0 aliphatic rings. The van der Waals surface area contributed by atoms with Crippen LogP contribution < -0.4 is 0 Å². The van der Waals surface area contributed by atoms with Crippen LogP contribution in [-0.2, 0) is 11.3 Å². The Kier molecular flexibility index (Phi) is 6.52. The largest absolute Gasteiger partial charge is 0.411 e. The number of oxime groups is 1. The smallest absolute Gasteiger partial charge is 0.246 e. The molecule has 2 aromatic rings. The number of hydrogen-bond acceptors (Lipinski definition) is 3. The van der Waals surface area contributed by atoms with Crippen molar-refractivity contribution in [2.45, 2.75) is 20.4 Å². The summed E-state index contributed by atoms with van der Waals surface area (Å²) in [6.45, 7) is 4.81. The molecule has 130 valence electrons. The topological polar surface area (TPSA) is 52.9 Å². The quantitative estimate of drug-likeness (QED) is 0.356. The molecule has 0 aliphatic carbocycles. The average Bonchev–Trinajstić information content (AvgIpc) is 2.60. The highest BCUT2D eigenvalue weighted by molar-refractivity contribution is 5.92. The Bertz CT molecular complexity index is 722. The first kappa shape index (κ1) is 18.5. The molecule has 0 aliphatic heterocycles. The molecule has 0 radical (unpaired) electrons. The van der Waals surface area contributed by atoms with Gasteiger partial charge in [-0.2, -0.15) is 0 Å². The van der Waals surface area contributed by atoms with Crippen molar-refractivity contribution in [3.63, 3.8) is 0 Å². The summed E-state index contributed by atoms with van der Waals surface area (Å²) in [6, 6.07) is 19.6. The van der Waals surface area contributed by atoms with E-state index in [-0.39, 0.29) is 5.91 Å². The molecule has 0 atom stereocenters. The van der Waals surface area contributed by atoms with E-state index in [2.05, 4.69) is 5.16 Å². The minimum absolute atomic E-state index is 0.0767. The predicted molar refractivity (Wildman–Crippen MR) is 101 cm³/mol. The molecule has 0 saturated carbocycles. The number of rotatable bonds is 7. The summed E-state index contributed by atoms with van der Waals surface area (Å²) >= 11 is 0. The van der Waals surface area contributed by atoms with Crippen LogP contribution in [0.5, 0.6) is 0 Å². The highest BCUT2D eigenvalue weighted by Crippen LogP contribution is 2.17. The normalized spacial score (nSPS) is 11.9. The fourth-order valence-corrected chi connectivity index (χ4v) is 2.54. The van der Waals surface area contributed by atoms with Crippen LogP contribution >= 0.6 is 0 Å². The Hall–Kier alpha value is -2.88. The molecule has 1 amide bonds. The van der Waals surface area contributed by atoms with E-state index >= 15 is 0 Å². The molecule has 0 saturated heterocycles. The predicted octanol–water partition coefficient (Wildman–Crippen LogP) is 4.21. The first-order valence-electron chi connectivity index (χ1n) is 8.25. The lowest BCUT2D eigenvalue weighted by Crippen LogP contribution is -2.38. The third kappa shape index (κ3) is 6.26. The van der Waals surface area contributed by atoms with Crippen LogP contribution in [0, 0.1) is 5.41 Å². The first-order chi connectivity index (χ1) is 12.0. The van der Waals surface area contributed by atoms with Crippen molar-refractivity contribution < 1.29 is 10.0 Å². The Morgan fingerprint density at radius 2 is 1.68 bits per heavy atom. The van der Waals surface area contributed by atoms with Crippen molar-refractivity contribution in [2.75, 3.05) is 6.54 Å². The summed E-state index contributed by atoms with van der Waals surface area (Å²) in [7, 11) is 0. The standard InChI is InChI=1S/C21H24N2O2/c1-21(2,16-22-25)17-23(15-19-11-7-4-8-12-19)20(24)14-13-18-9-5-3-6-10-18/h3-14,16,25H,15,17H2,1-2H3/b14-13+,22-16?. The zero-order chi connectivity index (χ0) is 18.1. The zero-order valence-corrected chi connectivity index (χ0v) is 14.7. The van der Waals surface area contributed by atoms with Crippen LogP contribution in [0.4, 0.5) is 0 Å². The summed E-state index contributed by atoms with van der Waals surface area (Å²) in [5.41, 5.74) is 1.60. The number of hydrogen-bond donors (Lipinski definition) is 1. The molecule has 0 spiro atoms. The van der Waals surface area contributed by atoms with Gasteiger partial charge in [-0.1, -0.05) is 74.5 Å². The maximum absolute atomic E-state index is 12.7. The molecule has 4 heteroatoms. The van der Waals surface area contributed by atoms with Gasteiger partial charge in [0.05, 0.1) is 6.21 Å². The van der Waals surface area contributed by atoms with Gasteiger partial charge in [-0.05, 0) is 17.2 Å². The van der Waals surface area contributed by atoms with E-state index in [1.807, 2.05) is 80.6 Å². The third-order valence-electron chi connectivity index (χ3n) is 3.75. The average molecular weight is 336 g/mol. The van der Waals surface area contributed by atoms with Gasteiger partial charge in [0.25, 0.3) is 0 Å². The molecule has 4 nitrogen and oxygen atoms in total. The van der Waals surface area contributed by atoms with Crippen molar-refractivity contribution in [3.05, 3.63) is 77.9 Å². The maximum Gasteiger partial charge on any atom is 0.246 e. The second-order valence-corrected chi connectivity index (χ2v) is 6.66. The highest BCUT2D eigenvalue weighted by Gasteiger charge is 2.23. The van der Waals surface area contributed by atoms with Crippen molar-refractivity contribution in [3.8, 4) is 0 Å². The second kappa shape index (κ2) is 8.83. The van der Waals surface area contributed by atoms with Crippen LogP contribution in [0.1, 0.15) is 25.0 Å². The van der Waals surface area contributed by atoms with Gasteiger partial charge in [0.1, 0.15) is 0 Å².